The summed E-state index contributed by atoms with van der Waals surface area (Å²) in [6.07, 6.45) is -0.720. The van der Waals surface area contributed by atoms with Crippen molar-refractivity contribution in [1.82, 2.24) is 0 Å². The first-order valence-electron chi connectivity index (χ1n) is 5.78. The lowest BCUT2D eigenvalue weighted by Gasteiger charge is -2.22. The Labute approximate surface area is 98.3 Å². The third kappa shape index (κ3) is 3.00. The summed E-state index contributed by atoms with van der Waals surface area (Å²) in [5.41, 5.74) is -0.884. The molecule has 1 fully saturated rings. The Balaban J connectivity index is 2.17. The average molecular weight is 244 g/mol. The van der Waals surface area contributed by atoms with E-state index in [1.54, 1.807) is 6.07 Å². The molecule has 1 saturated carbocycles. The molecule has 94 valence electrons. The van der Waals surface area contributed by atoms with Gasteiger partial charge in [-0.05, 0) is 24.5 Å². The van der Waals surface area contributed by atoms with Gasteiger partial charge in [0.05, 0.1) is 11.2 Å². The maximum absolute atomic E-state index is 12.5. The van der Waals surface area contributed by atoms with E-state index in [0.29, 0.717) is 24.8 Å². The van der Waals surface area contributed by atoms with Crippen LogP contribution in [0.4, 0.5) is 13.2 Å². The molecule has 0 radical (unpaired) electrons. The molecule has 0 heterocycles. The first-order valence-corrected chi connectivity index (χ1v) is 5.78. The van der Waals surface area contributed by atoms with Crippen molar-refractivity contribution in [2.75, 3.05) is 0 Å². The highest BCUT2D eigenvalue weighted by atomic mass is 19.4. The molecule has 0 aromatic heterocycles. The molecule has 17 heavy (non-hydrogen) atoms. The van der Waals surface area contributed by atoms with E-state index in [9.17, 15) is 18.3 Å². The van der Waals surface area contributed by atoms with E-state index in [4.69, 9.17) is 0 Å². The van der Waals surface area contributed by atoms with Crippen molar-refractivity contribution in [2.24, 2.45) is 0 Å². The largest absolute Gasteiger partial charge is 0.416 e. The van der Waals surface area contributed by atoms with Gasteiger partial charge in [-0.3, -0.25) is 0 Å². The fraction of sp³-hybridized carbons (Fsp3) is 0.538. The van der Waals surface area contributed by atoms with Gasteiger partial charge in [0.2, 0.25) is 0 Å². The minimum Gasteiger partial charge on any atom is -0.390 e. The molecule has 1 aliphatic rings. The maximum atomic E-state index is 12.5. The van der Waals surface area contributed by atoms with Gasteiger partial charge >= 0.3 is 6.18 Å². The third-order valence-corrected chi connectivity index (χ3v) is 3.32. The summed E-state index contributed by atoms with van der Waals surface area (Å²) in [7, 11) is 0. The Morgan fingerprint density at radius 2 is 1.82 bits per heavy atom. The summed E-state index contributed by atoms with van der Waals surface area (Å²) in [5, 5.41) is 10.2. The Hall–Kier alpha value is -1.03. The quantitative estimate of drug-likeness (QED) is 0.843. The lowest BCUT2D eigenvalue weighted by Crippen LogP contribution is -2.27. The van der Waals surface area contributed by atoms with Crippen molar-refractivity contribution in [3.63, 3.8) is 0 Å². The van der Waals surface area contributed by atoms with Crippen LogP contribution in [-0.2, 0) is 12.6 Å². The van der Waals surface area contributed by atoms with Gasteiger partial charge in [-0.1, -0.05) is 31.0 Å². The zero-order valence-corrected chi connectivity index (χ0v) is 9.43. The molecular formula is C13H15F3O. The molecule has 1 N–H and O–H groups in total. The van der Waals surface area contributed by atoms with E-state index >= 15 is 0 Å². The van der Waals surface area contributed by atoms with Crippen LogP contribution in [-0.4, -0.2) is 10.7 Å². The predicted octanol–water partition coefficient (Wildman–Crippen LogP) is 3.55. The van der Waals surface area contributed by atoms with Crippen LogP contribution in [0.15, 0.2) is 24.3 Å². The summed E-state index contributed by atoms with van der Waals surface area (Å²) < 4.78 is 37.5. The fourth-order valence-electron chi connectivity index (χ4n) is 2.45. The summed E-state index contributed by atoms with van der Waals surface area (Å²) in [5.74, 6) is 0. The van der Waals surface area contributed by atoms with E-state index in [1.807, 2.05) is 0 Å². The van der Waals surface area contributed by atoms with Gasteiger partial charge in [-0.25, -0.2) is 0 Å². The van der Waals surface area contributed by atoms with Crippen molar-refractivity contribution in [3.05, 3.63) is 35.4 Å². The number of rotatable bonds is 2. The standard InChI is InChI=1S/C13H15F3O/c14-13(15,16)11-5-3-4-10(8-11)9-12(17)6-1-2-7-12/h3-5,8,17H,1-2,6-7,9H2. The first kappa shape index (κ1) is 12.4. The molecule has 2 rings (SSSR count). The predicted molar refractivity (Wildman–Crippen MR) is 58.6 cm³/mol. The van der Waals surface area contributed by atoms with Crippen LogP contribution in [0.3, 0.4) is 0 Å². The van der Waals surface area contributed by atoms with Gasteiger partial charge in [0.25, 0.3) is 0 Å². The van der Waals surface area contributed by atoms with Crippen molar-refractivity contribution < 1.29 is 18.3 Å². The average Bonchev–Trinajstić information content (AvgIpc) is 2.64. The van der Waals surface area contributed by atoms with E-state index in [0.717, 1.165) is 25.0 Å². The van der Waals surface area contributed by atoms with Crippen molar-refractivity contribution in [1.29, 1.82) is 0 Å². The SMILES string of the molecule is OC1(Cc2cccc(C(F)(F)F)c2)CCCC1. The Morgan fingerprint density at radius 1 is 1.18 bits per heavy atom. The van der Waals surface area contributed by atoms with Crippen LogP contribution in [0, 0.1) is 0 Å². The molecule has 1 nitrogen and oxygen atoms in total. The number of halogens is 3. The molecule has 0 unspecified atom stereocenters. The van der Waals surface area contributed by atoms with E-state index in [1.165, 1.54) is 6.07 Å². The molecular weight excluding hydrogens is 229 g/mol. The number of hydrogen-bond acceptors (Lipinski definition) is 1. The molecule has 0 bridgehead atoms. The van der Waals surface area contributed by atoms with Gasteiger partial charge < -0.3 is 5.11 Å². The number of benzene rings is 1. The molecule has 1 aromatic rings. The normalized spacial score (nSPS) is 19.5. The number of hydrogen-bond donors (Lipinski definition) is 1. The minimum absolute atomic E-state index is 0.316. The maximum Gasteiger partial charge on any atom is 0.416 e. The van der Waals surface area contributed by atoms with Crippen LogP contribution >= 0.6 is 0 Å². The van der Waals surface area contributed by atoms with E-state index < -0.39 is 17.3 Å². The van der Waals surface area contributed by atoms with E-state index in [2.05, 4.69) is 0 Å². The summed E-state index contributed by atoms with van der Waals surface area (Å²) >= 11 is 0. The Morgan fingerprint density at radius 3 is 2.41 bits per heavy atom. The van der Waals surface area contributed by atoms with Gasteiger partial charge in [0.15, 0.2) is 0 Å². The zero-order valence-electron chi connectivity index (χ0n) is 9.43. The van der Waals surface area contributed by atoms with Gasteiger partial charge in [0.1, 0.15) is 0 Å². The topological polar surface area (TPSA) is 20.2 Å². The number of alkyl halides is 3. The summed E-state index contributed by atoms with van der Waals surface area (Å²) in [6, 6.07) is 5.24. The van der Waals surface area contributed by atoms with Gasteiger partial charge in [0, 0.05) is 6.42 Å². The highest BCUT2D eigenvalue weighted by Crippen LogP contribution is 2.34. The monoisotopic (exact) mass is 244 g/mol. The lowest BCUT2D eigenvalue weighted by molar-refractivity contribution is -0.137. The summed E-state index contributed by atoms with van der Waals surface area (Å²) in [4.78, 5) is 0. The van der Waals surface area contributed by atoms with Crippen molar-refractivity contribution >= 4 is 0 Å². The van der Waals surface area contributed by atoms with Crippen LogP contribution in [0.5, 0.6) is 0 Å². The lowest BCUT2D eigenvalue weighted by atomic mass is 9.92. The first-order chi connectivity index (χ1) is 7.89. The molecule has 0 amide bonds. The molecule has 0 spiro atoms. The van der Waals surface area contributed by atoms with E-state index in [-0.39, 0.29) is 0 Å². The molecule has 0 saturated heterocycles. The van der Waals surface area contributed by atoms with Crippen molar-refractivity contribution in [3.8, 4) is 0 Å². The molecule has 1 aromatic carbocycles. The molecule has 1 aliphatic carbocycles. The Bertz CT molecular complexity index is 392. The van der Waals surface area contributed by atoms with Crippen LogP contribution in [0.2, 0.25) is 0 Å². The third-order valence-electron chi connectivity index (χ3n) is 3.32. The number of aliphatic hydroxyl groups is 1. The van der Waals surface area contributed by atoms with Crippen molar-refractivity contribution in [2.45, 2.75) is 43.9 Å². The highest BCUT2D eigenvalue weighted by Gasteiger charge is 2.33. The fourth-order valence-corrected chi connectivity index (χ4v) is 2.45. The van der Waals surface area contributed by atoms with Crippen LogP contribution in [0.25, 0.3) is 0 Å². The molecule has 4 heteroatoms. The second-order valence-electron chi connectivity index (χ2n) is 4.81. The molecule has 0 aliphatic heterocycles. The zero-order chi connectivity index (χ0) is 12.5. The second-order valence-corrected chi connectivity index (χ2v) is 4.81. The summed E-state index contributed by atoms with van der Waals surface area (Å²) in [6.45, 7) is 0. The Kier molecular flexibility index (Phi) is 3.17. The van der Waals surface area contributed by atoms with Gasteiger partial charge in [-0.15, -0.1) is 0 Å². The highest BCUT2D eigenvalue weighted by molar-refractivity contribution is 5.27. The van der Waals surface area contributed by atoms with Crippen LogP contribution in [0.1, 0.15) is 36.8 Å². The second kappa shape index (κ2) is 4.33. The minimum atomic E-state index is -4.31. The molecule has 0 atom stereocenters. The smallest absolute Gasteiger partial charge is 0.390 e. The van der Waals surface area contributed by atoms with Crippen LogP contribution < -0.4 is 0 Å². The van der Waals surface area contributed by atoms with Gasteiger partial charge in [-0.2, -0.15) is 13.2 Å².